The third kappa shape index (κ3) is 3.14. The zero-order valence-corrected chi connectivity index (χ0v) is 10.6. The Morgan fingerprint density at radius 3 is 3.00 bits per heavy atom. The first-order valence-corrected chi connectivity index (χ1v) is 6.06. The first kappa shape index (κ1) is 13.2. The molecule has 0 amide bonds. The third-order valence-corrected chi connectivity index (χ3v) is 2.62. The van der Waals surface area contributed by atoms with Crippen molar-refractivity contribution in [1.29, 1.82) is 5.26 Å². The summed E-state index contributed by atoms with van der Waals surface area (Å²) in [5.74, 6) is -0.200. The molecule has 0 fully saturated rings. The van der Waals surface area contributed by atoms with E-state index in [9.17, 15) is 4.39 Å². The highest BCUT2D eigenvalue weighted by atomic mass is 19.1. The van der Waals surface area contributed by atoms with Gasteiger partial charge in [0.15, 0.2) is 0 Å². The van der Waals surface area contributed by atoms with E-state index in [4.69, 9.17) is 5.26 Å². The Bertz CT molecular complexity index is 599. The predicted molar refractivity (Wildman–Crippen MR) is 68.0 cm³/mol. The number of rotatable bonds is 5. The van der Waals surface area contributed by atoms with Gasteiger partial charge in [-0.05, 0) is 36.7 Å². The van der Waals surface area contributed by atoms with Gasteiger partial charge in [0.1, 0.15) is 18.2 Å². The van der Waals surface area contributed by atoms with Crippen LogP contribution in [0.3, 0.4) is 0 Å². The van der Waals surface area contributed by atoms with Crippen LogP contribution in [0.15, 0.2) is 24.5 Å². The largest absolute Gasteiger partial charge is 0.313 e. The van der Waals surface area contributed by atoms with E-state index < -0.39 is 0 Å². The highest BCUT2D eigenvalue weighted by molar-refractivity contribution is 5.40. The molecule has 6 heteroatoms. The maximum absolute atomic E-state index is 13.3. The molecule has 19 heavy (non-hydrogen) atoms. The second-order valence-corrected chi connectivity index (χ2v) is 4.07. The molecule has 1 heterocycles. The van der Waals surface area contributed by atoms with E-state index in [1.54, 1.807) is 6.07 Å². The summed E-state index contributed by atoms with van der Waals surface area (Å²) in [5.41, 5.74) is 1.50. The standard InChI is InChI=1S/C13H14FN5/c1-2-5-16-8-10-6-11(14)3-4-12(10)19-9-17-13(7-15)18-19/h3-4,6,9,16H,2,5,8H2,1H3. The first-order valence-electron chi connectivity index (χ1n) is 6.06. The van der Waals surface area contributed by atoms with Crippen LogP contribution in [-0.4, -0.2) is 21.3 Å². The average molecular weight is 259 g/mol. The van der Waals surface area contributed by atoms with Gasteiger partial charge in [0.2, 0.25) is 0 Å². The van der Waals surface area contributed by atoms with Crippen LogP contribution in [0.25, 0.3) is 5.69 Å². The van der Waals surface area contributed by atoms with E-state index in [0.29, 0.717) is 6.54 Å². The van der Waals surface area contributed by atoms with Gasteiger partial charge in [-0.2, -0.15) is 5.26 Å². The Balaban J connectivity index is 2.30. The lowest BCUT2D eigenvalue weighted by Gasteiger charge is -2.10. The van der Waals surface area contributed by atoms with Gasteiger partial charge < -0.3 is 5.32 Å². The number of hydrogen-bond acceptors (Lipinski definition) is 4. The molecule has 0 unspecified atom stereocenters. The van der Waals surface area contributed by atoms with Gasteiger partial charge in [0, 0.05) is 6.54 Å². The van der Waals surface area contributed by atoms with Crippen LogP contribution in [0.5, 0.6) is 0 Å². The van der Waals surface area contributed by atoms with Crippen LogP contribution >= 0.6 is 0 Å². The van der Waals surface area contributed by atoms with Crippen molar-refractivity contribution in [2.45, 2.75) is 19.9 Å². The summed E-state index contributed by atoms with van der Waals surface area (Å²) >= 11 is 0. The van der Waals surface area contributed by atoms with Gasteiger partial charge >= 0.3 is 0 Å². The zero-order chi connectivity index (χ0) is 13.7. The summed E-state index contributed by atoms with van der Waals surface area (Å²) in [4.78, 5) is 3.85. The minimum atomic E-state index is -0.294. The second-order valence-electron chi connectivity index (χ2n) is 4.07. The van der Waals surface area contributed by atoms with Crippen LogP contribution in [0.4, 0.5) is 4.39 Å². The van der Waals surface area contributed by atoms with E-state index in [0.717, 1.165) is 24.2 Å². The summed E-state index contributed by atoms with van der Waals surface area (Å²) in [6.07, 6.45) is 2.46. The summed E-state index contributed by atoms with van der Waals surface area (Å²) < 4.78 is 14.8. The first-order chi connectivity index (χ1) is 9.24. The molecule has 0 aliphatic heterocycles. The summed E-state index contributed by atoms with van der Waals surface area (Å²) in [6.45, 7) is 3.47. The van der Waals surface area contributed by atoms with Gasteiger partial charge in [0.25, 0.3) is 5.82 Å². The number of hydrogen-bond donors (Lipinski definition) is 1. The fraction of sp³-hybridized carbons (Fsp3) is 0.308. The molecular formula is C13H14FN5. The van der Waals surface area contributed by atoms with Gasteiger partial charge in [-0.25, -0.2) is 14.1 Å². The van der Waals surface area contributed by atoms with Crippen molar-refractivity contribution in [3.8, 4) is 11.8 Å². The van der Waals surface area contributed by atoms with Crippen molar-refractivity contribution in [3.63, 3.8) is 0 Å². The van der Waals surface area contributed by atoms with Crippen molar-refractivity contribution in [1.82, 2.24) is 20.1 Å². The van der Waals surface area contributed by atoms with Crippen LogP contribution in [0.2, 0.25) is 0 Å². The molecule has 1 aromatic carbocycles. The van der Waals surface area contributed by atoms with Crippen molar-refractivity contribution < 1.29 is 4.39 Å². The molecule has 0 aliphatic rings. The van der Waals surface area contributed by atoms with Crippen LogP contribution in [-0.2, 0) is 6.54 Å². The third-order valence-electron chi connectivity index (χ3n) is 2.62. The summed E-state index contributed by atoms with van der Waals surface area (Å²) in [7, 11) is 0. The number of aromatic nitrogens is 3. The average Bonchev–Trinajstić information content (AvgIpc) is 2.88. The lowest BCUT2D eigenvalue weighted by atomic mass is 10.1. The van der Waals surface area contributed by atoms with E-state index >= 15 is 0 Å². The Morgan fingerprint density at radius 1 is 1.47 bits per heavy atom. The normalized spacial score (nSPS) is 10.4. The van der Waals surface area contributed by atoms with Crippen molar-refractivity contribution >= 4 is 0 Å². The fourth-order valence-corrected chi connectivity index (χ4v) is 1.75. The smallest absolute Gasteiger partial charge is 0.252 e. The molecule has 0 radical (unpaired) electrons. The van der Waals surface area contributed by atoms with Gasteiger partial charge in [-0.15, -0.1) is 5.10 Å². The minimum absolute atomic E-state index is 0.0943. The molecule has 0 spiro atoms. The Labute approximate surface area is 110 Å². The molecule has 98 valence electrons. The van der Waals surface area contributed by atoms with E-state index in [-0.39, 0.29) is 11.6 Å². The monoisotopic (exact) mass is 259 g/mol. The second kappa shape index (κ2) is 6.07. The maximum atomic E-state index is 13.3. The number of benzene rings is 1. The molecule has 0 aliphatic carbocycles. The number of nitriles is 1. The predicted octanol–water partition coefficient (Wildman–Crippen LogP) is 1.78. The highest BCUT2D eigenvalue weighted by Crippen LogP contribution is 2.15. The minimum Gasteiger partial charge on any atom is -0.313 e. The molecule has 1 N–H and O–H groups in total. The molecule has 0 saturated heterocycles. The van der Waals surface area contributed by atoms with Gasteiger partial charge in [-0.1, -0.05) is 6.92 Å². The van der Waals surface area contributed by atoms with Crippen LogP contribution in [0.1, 0.15) is 24.7 Å². The van der Waals surface area contributed by atoms with E-state index in [1.807, 2.05) is 6.07 Å². The Kier molecular flexibility index (Phi) is 4.21. The van der Waals surface area contributed by atoms with Gasteiger partial charge in [0.05, 0.1) is 5.69 Å². The Morgan fingerprint density at radius 2 is 2.32 bits per heavy atom. The van der Waals surface area contributed by atoms with Gasteiger partial charge in [-0.3, -0.25) is 0 Å². The summed E-state index contributed by atoms with van der Waals surface area (Å²) in [5, 5.41) is 16.0. The number of nitrogens with zero attached hydrogens (tertiary/aromatic N) is 4. The lowest BCUT2D eigenvalue weighted by molar-refractivity contribution is 0.616. The van der Waals surface area contributed by atoms with Crippen molar-refractivity contribution in [3.05, 3.63) is 41.7 Å². The number of nitrogens with one attached hydrogen (secondary N) is 1. The molecular weight excluding hydrogens is 245 g/mol. The van der Waals surface area contributed by atoms with E-state index in [2.05, 4.69) is 22.3 Å². The molecule has 1 aromatic heterocycles. The van der Waals surface area contributed by atoms with Crippen LogP contribution < -0.4 is 5.32 Å². The van der Waals surface area contributed by atoms with E-state index in [1.165, 1.54) is 23.1 Å². The molecule has 5 nitrogen and oxygen atoms in total. The van der Waals surface area contributed by atoms with Crippen molar-refractivity contribution in [2.24, 2.45) is 0 Å². The molecule has 0 saturated carbocycles. The fourth-order valence-electron chi connectivity index (χ4n) is 1.75. The zero-order valence-electron chi connectivity index (χ0n) is 10.6. The lowest BCUT2D eigenvalue weighted by Crippen LogP contribution is -2.16. The molecule has 2 rings (SSSR count). The SMILES string of the molecule is CCCNCc1cc(F)ccc1-n1cnc(C#N)n1. The maximum Gasteiger partial charge on any atom is 0.252 e. The van der Waals surface area contributed by atoms with Crippen molar-refractivity contribution in [2.75, 3.05) is 6.54 Å². The molecule has 2 aromatic rings. The van der Waals surface area contributed by atoms with Crippen LogP contribution in [0, 0.1) is 17.1 Å². The topological polar surface area (TPSA) is 66.5 Å². The summed E-state index contributed by atoms with van der Waals surface area (Å²) in [6, 6.07) is 6.33. The molecule has 0 atom stereocenters. The highest BCUT2D eigenvalue weighted by Gasteiger charge is 2.08. The Hall–Kier alpha value is -2.26. The molecule has 0 bridgehead atoms. The quantitative estimate of drug-likeness (QED) is 0.831. The number of halogens is 1.